The van der Waals surface area contributed by atoms with E-state index in [1.165, 1.54) is 19.2 Å². The van der Waals surface area contributed by atoms with Gasteiger partial charge in [0.05, 0.1) is 12.7 Å². The highest BCUT2D eigenvalue weighted by atomic mass is 19.1. The third-order valence-electron chi connectivity index (χ3n) is 2.59. The van der Waals surface area contributed by atoms with Gasteiger partial charge in [-0.2, -0.15) is 5.26 Å². The Morgan fingerprint density at radius 2 is 2.00 bits per heavy atom. The van der Waals surface area contributed by atoms with Crippen molar-refractivity contribution in [1.82, 2.24) is 5.32 Å². The van der Waals surface area contributed by atoms with Gasteiger partial charge in [0.1, 0.15) is 5.82 Å². The van der Waals surface area contributed by atoms with Crippen molar-refractivity contribution >= 4 is 11.7 Å². The zero-order valence-corrected chi connectivity index (χ0v) is 11.2. The highest BCUT2D eigenvalue weighted by Crippen LogP contribution is 2.10. The molecule has 6 heteroatoms. The number of Topliss-reactive ketones (excluding diaryl/α,β-unsaturated/α-hetero) is 1. The van der Waals surface area contributed by atoms with Crippen LogP contribution in [-0.2, 0) is 9.53 Å². The van der Waals surface area contributed by atoms with Gasteiger partial charge in [0.15, 0.2) is 11.7 Å². The van der Waals surface area contributed by atoms with Gasteiger partial charge in [0.25, 0.3) is 0 Å². The zero-order chi connectivity index (χ0) is 15.1. The van der Waals surface area contributed by atoms with Crippen molar-refractivity contribution in [2.75, 3.05) is 13.7 Å². The summed E-state index contributed by atoms with van der Waals surface area (Å²) in [6.45, 7) is 1.97. The van der Waals surface area contributed by atoms with Gasteiger partial charge in [-0.1, -0.05) is 0 Å². The van der Waals surface area contributed by atoms with Crippen LogP contribution in [0.15, 0.2) is 24.3 Å². The number of nitriles is 1. The zero-order valence-electron chi connectivity index (χ0n) is 11.2. The van der Waals surface area contributed by atoms with E-state index in [0.29, 0.717) is 0 Å². The van der Waals surface area contributed by atoms with Crippen LogP contribution in [0.25, 0.3) is 0 Å². The molecule has 0 aromatic heterocycles. The van der Waals surface area contributed by atoms with Gasteiger partial charge in [0, 0.05) is 18.7 Å². The first kappa shape index (κ1) is 15.8. The standard InChI is InChI=1S/C14H15FN2O3/c1-9(8-20-2)17-14(19)12(7-16)13(18)10-3-5-11(15)6-4-10/h3-6,9,12H,8H2,1-2H3,(H,17,19)/t9-,12+/m1/s1. The van der Waals surface area contributed by atoms with E-state index in [1.54, 1.807) is 13.0 Å². The van der Waals surface area contributed by atoms with Crippen LogP contribution in [0, 0.1) is 23.1 Å². The van der Waals surface area contributed by atoms with E-state index in [9.17, 15) is 14.0 Å². The van der Waals surface area contributed by atoms with Crippen LogP contribution in [0.2, 0.25) is 0 Å². The van der Waals surface area contributed by atoms with E-state index in [0.717, 1.165) is 12.1 Å². The Morgan fingerprint density at radius 3 is 2.50 bits per heavy atom. The molecule has 0 saturated carbocycles. The molecule has 0 unspecified atom stereocenters. The molecule has 106 valence electrons. The summed E-state index contributed by atoms with van der Waals surface area (Å²) >= 11 is 0. The molecule has 1 aromatic carbocycles. The quantitative estimate of drug-likeness (QED) is 0.628. The fraction of sp³-hybridized carbons (Fsp3) is 0.357. The number of hydrogen-bond donors (Lipinski definition) is 1. The first-order valence-corrected chi connectivity index (χ1v) is 5.98. The van der Waals surface area contributed by atoms with Crippen molar-refractivity contribution in [3.05, 3.63) is 35.6 Å². The predicted molar refractivity (Wildman–Crippen MR) is 69.3 cm³/mol. The molecule has 0 aliphatic heterocycles. The van der Waals surface area contributed by atoms with E-state index >= 15 is 0 Å². The minimum atomic E-state index is -1.46. The third kappa shape index (κ3) is 4.14. The van der Waals surface area contributed by atoms with Crippen molar-refractivity contribution in [2.45, 2.75) is 13.0 Å². The molecule has 1 aromatic rings. The molecule has 0 radical (unpaired) electrons. The first-order valence-electron chi connectivity index (χ1n) is 5.98. The van der Waals surface area contributed by atoms with Crippen LogP contribution >= 0.6 is 0 Å². The average molecular weight is 278 g/mol. The number of ether oxygens (including phenoxy) is 1. The molecule has 1 N–H and O–H groups in total. The van der Waals surface area contributed by atoms with Crippen LogP contribution in [0.5, 0.6) is 0 Å². The summed E-state index contributed by atoms with van der Waals surface area (Å²) in [4.78, 5) is 23.9. The lowest BCUT2D eigenvalue weighted by Crippen LogP contribution is -2.41. The van der Waals surface area contributed by atoms with Gasteiger partial charge >= 0.3 is 0 Å². The van der Waals surface area contributed by atoms with E-state index in [4.69, 9.17) is 10.00 Å². The Morgan fingerprint density at radius 1 is 1.40 bits per heavy atom. The van der Waals surface area contributed by atoms with Crippen LogP contribution < -0.4 is 5.32 Å². The summed E-state index contributed by atoms with van der Waals surface area (Å²) in [5.74, 6) is -3.30. The normalized spacial score (nSPS) is 13.1. The highest BCUT2D eigenvalue weighted by molar-refractivity contribution is 6.12. The Bertz CT molecular complexity index is 522. The first-order chi connectivity index (χ1) is 9.49. The predicted octanol–water partition coefficient (Wildman–Crippen LogP) is 1.30. The Balaban J connectivity index is 2.80. The number of methoxy groups -OCH3 is 1. The molecule has 1 rings (SSSR count). The van der Waals surface area contributed by atoms with E-state index in [1.807, 2.05) is 0 Å². The number of carbonyl (C=O) groups is 2. The number of hydrogen-bond acceptors (Lipinski definition) is 4. The van der Waals surface area contributed by atoms with Crippen molar-refractivity contribution in [1.29, 1.82) is 5.26 Å². The molecule has 2 atom stereocenters. The third-order valence-corrected chi connectivity index (χ3v) is 2.59. The lowest BCUT2D eigenvalue weighted by molar-refractivity contribution is -0.123. The second kappa shape index (κ2) is 7.36. The van der Waals surface area contributed by atoms with Gasteiger partial charge in [0.2, 0.25) is 5.91 Å². The summed E-state index contributed by atoms with van der Waals surface area (Å²) in [5.41, 5.74) is 0.118. The highest BCUT2D eigenvalue weighted by Gasteiger charge is 2.28. The molecule has 0 bridgehead atoms. The van der Waals surface area contributed by atoms with Crippen molar-refractivity contribution < 1.29 is 18.7 Å². The molecular weight excluding hydrogens is 263 g/mol. The number of carbonyl (C=O) groups excluding carboxylic acids is 2. The number of amides is 1. The number of rotatable bonds is 6. The molecule has 0 heterocycles. The fourth-order valence-corrected chi connectivity index (χ4v) is 1.63. The monoisotopic (exact) mass is 278 g/mol. The Kier molecular flexibility index (Phi) is 5.81. The number of nitrogens with one attached hydrogen (secondary N) is 1. The second-order valence-electron chi connectivity index (χ2n) is 4.30. The molecule has 0 spiro atoms. The van der Waals surface area contributed by atoms with Gasteiger partial charge in [-0.25, -0.2) is 4.39 Å². The number of halogens is 1. The molecule has 5 nitrogen and oxygen atoms in total. The molecule has 0 aliphatic rings. The van der Waals surface area contributed by atoms with Gasteiger partial charge in [-0.15, -0.1) is 0 Å². The Hall–Kier alpha value is -2.26. The molecule has 0 saturated heterocycles. The maximum absolute atomic E-state index is 12.8. The number of benzene rings is 1. The van der Waals surface area contributed by atoms with Crippen LogP contribution in [0.1, 0.15) is 17.3 Å². The SMILES string of the molecule is COC[C@@H](C)NC(=O)[C@@H](C#N)C(=O)c1ccc(F)cc1. The Labute approximate surface area is 116 Å². The minimum absolute atomic E-state index is 0.118. The summed E-state index contributed by atoms with van der Waals surface area (Å²) < 4.78 is 17.6. The van der Waals surface area contributed by atoms with E-state index < -0.39 is 23.4 Å². The van der Waals surface area contributed by atoms with E-state index in [-0.39, 0.29) is 18.2 Å². The maximum Gasteiger partial charge on any atom is 0.245 e. The number of ketones is 1. The molecule has 0 fully saturated rings. The minimum Gasteiger partial charge on any atom is -0.383 e. The smallest absolute Gasteiger partial charge is 0.245 e. The van der Waals surface area contributed by atoms with E-state index in [2.05, 4.69) is 5.32 Å². The maximum atomic E-state index is 12.8. The molecule has 0 aliphatic carbocycles. The van der Waals surface area contributed by atoms with Gasteiger partial charge < -0.3 is 10.1 Å². The topological polar surface area (TPSA) is 79.2 Å². The number of nitrogens with zero attached hydrogens (tertiary/aromatic N) is 1. The summed E-state index contributed by atoms with van der Waals surface area (Å²) in [6.07, 6.45) is 0. The summed E-state index contributed by atoms with van der Waals surface area (Å²) in [6, 6.07) is 6.05. The van der Waals surface area contributed by atoms with Crippen molar-refractivity contribution in [3.63, 3.8) is 0 Å². The second-order valence-corrected chi connectivity index (χ2v) is 4.30. The van der Waals surface area contributed by atoms with Gasteiger partial charge in [-0.3, -0.25) is 9.59 Å². The van der Waals surface area contributed by atoms with Crippen molar-refractivity contribution in [3.8, 4) is 6.07 Å². The van der Waals surface area contributed by atoms with Crippen LogP contribution in [-0.4, -0.2) is 31.4 Å². The van der Waals surface area contributed by atoms with Crippen LogP contribution in [0.4, 0.5) is 4.39 Å². The lowest BCUT2D eigenvalue weighted by Gasteiger charge is -2.15. The molecule has 20 heavy (non-hydrogen) atoms. The molecular formula is C14H15FN2O3. The van der Waals surface area contributed by atoms with Crippen molar-refractivity contribution in [2.24, 2.45) is 5.92 Å². The average Bonchev–Trinajstić information content (AvgIpc) is 2.40. The molecule has 1 amide bonds. The lowest BCUT2D eigenvalue weighted by atomic mass is 9.98. The van der Waals surface area contributed by atoms with Gasteiger partial charge in [-0.05, 0) is 31.2 Å². The van der Waals surface area contributed by atoms with Crippen LogP contribution in [0.3, 0.4) is 0 Å². The summed E-state index contributed by atoms with van der Waals surface area (Å²) in [5, 5.41) is 11.5. The summed E-state index contributed by atoms with van der Waals surface area (Å²) in [7, 11) is 1.48. The fourth-order valence-electron chi connectivity index (χ4n) is 1.63. The largest absolute Gasteiger partial charge is 0.383 e.